The van der Waals surface area contributed by atoms with Crippen LogP contribution in [0.1, 0.15) is 0 Å². The molecule has 16 heteroatoms. The van der Waals surface area contributed by atoms with Gasteiger partial charge >= 0.3 is 0 Å². The second-order valence-corrected chi connectivity index (χ2v) is 31.2. The molecule has 0 unspecified atom stereocenters. The van der Waals surface area contributed by atoms with Crippen molar-refractivity contribution in [2.24, 2.45) is 0 Å². The van der Waals surface area contributed by atoms with Gasteiger partial charge in [-0.15, -0.1) is 0 Å². The van der Waals surface area contributed by atoms with Crippen LogP contribution in [0.5, 0.6) is 0 Å². The Morgan fingerprint density at radius 1 is 0.133 bits per heavy atom. The average molecular weight is 1640 g/mol. The van der Waals surface area contributed by atoms with Gasteiger partial charge in [0.2, 0.25) is 0 Å². The fraction of sp³-hybridized carbons (Fsp3) is 0. The Balaban J connectivity index is 0.764. The summed E-state index contributed by atoms with van der Waals surface area (Å²) in [5.41, 5.74) is 21.7. The highest BCUT2D eigenvalue weighted by molar-refractivity contribution is 6.13. The standard InChI is InChI=1S/C112H70N16/c1-11-32-71(33-12-1)93-70-94(114-100(113-93)72-34-13-2-14-35-72)82-54-59-95(128-98-62-57-85(111-123-105(77-44-23-7-24-45-77)117-106(124-111)78-46-25-8-26-47-78)68-91(98)92-69-86(58-63-99(92)128)112-125-107(79-48-27-9-28-49-79)118-108(126-112)80-50-29-10-30-51-80)88(65-82)81-52-31-53-87(64-81)127-96-60-55-83(109-119-101(73-36-15-3-16-37-73)115-102(120-109)74-38-17-4-18-39-74)66-89(96)90-67-84(56-61-97(90)127)110-121-103(75-40-19-5-20-41-75)116-104(122-110)76-42-21-6-22-43-76/h1-70H. The molecule has 0 amide bonds. The summed E-state index contributed by atoms with van der Waals surface area (Å²) in [7, 11) is 0. The average Bonchev–Trinajstić information content (AvgIpc) is 1.57. The summed E-state index contributed by atoms with van der Waals surface area (Å²) in [5.74, 6) is 7.15. The van der Waals surface area contributed by atoms with Gasteiger partial charge in [-0.1, -0.05) is 322 Å². The van der Waals surface area contributed by atoms with Gasteiger partial charge in [0.25, 0.3) is 0 Å². The minimum absolute atomic E-state index is 0.517. The van der Waals surface area contributed by atoms with Crippen LogP contribution >= 0.6 is 0 Å². The minimum Gasteiger partial charge on any atom is -0.309 e. The topological polar surface area (TPSA) is 190 Å². The maximum absolute atomic E-state index is 5.49. The highest BCUT2D eigenvalue weighted by atomic mass is 15.1. The third kappa shape index (κ3) is 14.5. The van der Waals surface area contributed by atoms with Gasteiger partial charge in [-0.05, 0) is 109 Å². The lowest BCUT2D eigenvalue weighted by molar-refractivity contribution is 1.07. The third-order valence-corrected chi connectivity index (χ3v) is 23.1. The van der Waals surface area contributed by atoms with Crippen LogP contribution in [0.2, 0.25) is 0 Å². The molecule has 16 nitrogen and oxygen atoms in total. The summed E-state index contributed by atoms with van der Waals surface area (Å²) in [4.78, 5) is 73.6. The summed E-state index contributed by atoms with van der Waals surface area (Å²) >= 11 is 0. The Labute approximate surface area is 735 Å². The molecule has 7 aromatic heterocycles. The largest absolute Gasteiger partial charge is 0.309 e. The lowest BCUT2D eigenvalue weighted by Crippen LogP contribution is -2.01. The van der Waals surface area contributed by atoms with Gasteiger partial charge in [0.1, 0.15) is 0 Å². The Morgan fingerprint density at radius 2 is 0.352 bits per heavy atom. The highest BCUT2D eigenvalue weighted by Gasteiger charge is 2.26. The van der Waals surface area contributed by atoms with Crippen molar-refractivity contribution in [3.63, 3.8) is 0 Å². The summed E-state index contributed by atoms with van der Waals surface area (Å²) in [6.45, 7) is 0. The quantitative estimate of drug-likeness (QED) is 0.0788. The molecule has 0 aliphatic rings. The molecule has 0 saturated carbocycles. The zero-order valence-electron chi connectivity index (χ0n) is 68.6. The van der Waals surface area contributed by atoms with E-state index >= 15 is 0 Å². The Morgan fingerprint density at radius 3 is 0.625 bits per heavy atom. The molecular formula is C112H70N16. The molecule has 0 bridgehead atoms. The lowest BCUT2D eigenvalue weighted by atomic mass is 9.97. The monoisotopic (exact) mass is 1640 g/mol. The van der Waals surface area contributed by atoms with E-state index in [4.69, 9.17) is 69.8 Å². The Hall–Kier alpha value is -17.8. The van der Waals surface area contributed by atoms with Crippen molar-refractivity contribution in [2.45, 2.75) is 0 Å². The molecule has 16 aromatic carbocycles. The molecule has 0 aliphatic carbocycles. The number of rotatable bonds is 18. The fourth-order valence-electron chi connectivity index (χ4n) is 16.9. The van der Waals surface area contributed by atoms with Crippen molar-refractivity contribution in [1.82, 2.24) is 78.9 Å². The maximum Gasteiger partial charge on any atom is 0.164 e. The fourth-order valence-corrected chi connectivity index (χ4v) is 16.9. The van der Waals surface area contributed by atoms with Crippen LogP contribution in [0.4, 0.5) is 0 Å². The molecule has 0 atom stereocenters. The van der Waals surface area contributed by atoms with E-state index in [9.17, 15) is 0 Å². The van der Waals surface area contributed by atoms with Gasteiger partial charge in [0.05, 0.1) is 39.1 Å². The van der Waals surface area contributed by atoms with Crippen molar-refractivity contribution in [1.29, 1.82) is 0 Å². The number of nitrogens with zero attached hydrogens (tertiary/aromatic N) is 16. The van der Waals surface area contributed by atoms with E-state index in [-0.39, 0.29) is 0 Å². The van der Waals surface area contributed by atoms with Crippen molar-refractivity contribution in [2.75, 3.05) is 0 Å². The molecule has 598 valence electrons. The Bertz CT molecular complexity index is 7480. The van der Waals surface area contributed by atoms with E-state index in [1.807, 2.05) is 279 Å². The summed E-state index contributed by atoms with van der Waals surface area (Å²) in [6.07, 6.45) is 0. The molecule has 0 saturated heterocycles. The molecule has 23 aromatic rings. The van der Waals surface area contributed by atoms with E-state index in [1.165, 1.54) is 0 Å². The van der Waals surface area contributed by atoms with E-state index in [1.54, 1.807) is 0 Å². The first-order valence-corrected chi connectivity index (χ1v) is 42.3. The molecular weight excluding hydrogens is 1570 g/mol. The predicted octanol–water partition coefficient (Wildman–Crippen LogP) is 26.1. The van der Waals surface area contributed by atoms with Gasteiger partial charge in [0, 0.05) is 116 Å². The molecule has 0 spiro atoms. The molecule has 0 radical (unpaired) electrons. The van der Waals surface area contributed by atoms with Crippen LogP contribution in [0.15, 0.2) is 425 Å². The van der Waals surface area contributed by atoms with Crippen LogP contribution < -0.4 is 0 Å². The van der Waals surface area contributed by atoms with E-state index in [2.05, 4.69) is 155 Å². The van der Waals surface area contributed by atoms with Gasteiger partial charge in [0.15, 0.2) is 75.7 Å². The molecule has 128 heavy (non-hydrogen) atoms. The molecule has 0 N–H and O–H groups in total. The van der Waals surface area contributed by atoms with Crippen LogP contribution in [0.3, 0.4) is 0 Å². The van der Waals surface area contributed by atoms with E-state index in [0.717, 1.165) is 161 Å². The third-order valence-electron chi connectivity index (χ3n) is 23.1. The number of hydrogen-bond acceptors (Lipinski definition) is 14. The second kappa shape index (κ2) is 32.6. The first kappa shape index (κ1) is 75.2. The molecule has 23 rings (SSSR count). The number of benzene rings is 16. The van der Waals surface area contributed by atoms with Gasteiger partial charge in [-0.2, -0.15) is 0 Å². The zero-order chi connectivity index (χ0) is 84.8. The Kier molecular flexibility index (Phi) is 19.1. The second-order valence-electron chi connectivity index (χ2n) is 31.2. The number of aromatic nitrogens is 16. The summed E-state index contributed by atoms with van der Waals surface area (Å²) in [6, 6.07) is 145. The van der Waals surface area contributed by atoms with Crippen molar-refractivity contribution in [3.8, 4) is 193 Å². The first-order chi connectivity index (χ1) is 63.4. The smallest absolute Gasteiger partial charge is 0.164 e. The van der Waals surface area contributed by atoms with Crippen molar-refractivity contribution < 1.29 is 0 Å². The SMILES string of the molecule is c1ccc(-c2cc(-c3ccc(-n4c5ccc(-c6nc(-c7ccccc7)nc(-c7ccccc7)n6)cc5c5cc(-c6nc(-c7ccccc7)nc(-c7ccccc7)n6)ccc54)c(-c4cccc(-n5c6ccc(-c7nc(-c8ccccc8)nc(-c8ccccc8)n7)cc6c6cc(-c7nc(-c8ccccc8)nc(-c8ccccc8)n7)ccc65)c4)c3)nc(-c3ccccc3)n2)cc1. The number of hydrogen-bond donors (Lipinski definition) is 0. The minimum atomic E-state index is 0.517. The predicted molar refractivity (Wildman–Crippen MR) is 511 cm³/mol. The van der Waals surface area contributed by atoms with Crippen LogP contribution in [-0.4, -0.2) is 78.9 Å². The van der Waals surface area contributed by atoms with E-state index < -0.39 is 0 Å². The molecule has 0 aliphatic heterocycles. The number of fused-ring (bicyclic) bond motifs is 6. The first-order valence-electron chi connectivity index (χ1n) is 42.3. The van der Waals surface area contributed by atoms with Crippen LogP contribution in [-0.2, 0) is 0 Å². The van der Waals surface area contributed by atoms with Gasteiger partial charge in [-0.3, -0.25) is 0 Å². The van der Waals surface area contributed by atoms with Crippen molar-refractivity contribution in [3.05, 3.63) is 425 Å². The van der Waals surface area contributed by atoms with Crippen LogP contribution in [0.25, 0.3) is 237 Å². The molecule has 0 fully saturated rings. The summed E-state index contributed by atoms with van der Waals surface area (Å²) in [5, 5.41) is 3.76. The van der Waals surface area contributed by atoms with Gasteiger partial charge in [-0.25, -0.2) is 69.8 Å². The lowest BCUT2D eigenvalue weighted by Gasteiger charge is -2.18. The van der Waals surface area contributed by atoms with Crippen molar-refractivity contribution >= 4 is 43.6 Å². The maximum atomic E-state index is 5.49. The normalized spacial score (nSPS) is 11.4. The van der Waals surface area contributed by atoms with E-state index in [0.29, 0.717) is 75.7 Å². The highest BCUT2D eigenvalue weighted by Crippen LogP contribution is 2.45. The van der Waals surface area contributed by atoms with Crippen LogP contribution in [0, 0.1) is 0 Å². The molecule has 7 heterocycles. The summed E-state index contributed by atoms with van der Waals surface area (Å²) < 4.78 is 4.74. The van der Waals surface area contributed by atoms with Gasteiger partial charge < -0.3 is 9.13 Å². The zero-order valence-corrected chi connectivity index (χ0v) is 68.6.